The third-order valence-corrected chi connectivity index (χ3v) is 3.91. The van der Waals surface area contributed by atoms with Crippen molar-refractivity contribution < 1.29 is 4.79 Å². The molecule has 0 radical (unpaired) electrons. The third kappa shape index (κ3) is 2.60. The number of pyridine rings is 1. The summed E-state index contributed by atoms with van der Waals surface area (Å²) in [6.45, 7) is 1.22. The summed E-state index contributed by atoms with van der Waals surface area (Å²) in [6, 6.07) is 9.92. The highest BCUT2D eigenvalue weighted by molar-refractivity contribution is 6.31. The van der Waals surface area contributed by atoms with Crippen LogP contribution < -0.4 is 16.2 Å². The molecular weight excluding hydrogens is 276 g/mol. The van der Waals surface area contributed by atoms with Crippen molar-refractivity contribution in [3.63, 3.8) is 0 Å². The number of hydrogen-bond acceptors (Lipinski definition) is 4. The van der Waals surface area contributed by atoms with Crippen LogP contribution in [-0.2, 0) is 11.3 Å². The van der Waals surface area contributed by atoms with Gasteiger partial charge in [0.15, 0.2) is 0 Å². The van der Waals surface area contributed by atoms with E-state index in [1.54, 1.807) is 6.20 Å². The number of hydrazine groups is 1. The van der Waals surface area contributed by atoms with Gasteiger partial charge >= 0.3 is 0 Å². The maximum atomic E-state index is 11.5. The fourth-order valence-electron chi connectivity index (χ4n) is 2.33. The van der Waals surface area contributed by atoms with Gasteiger partial charge in [0.2, 0.25) is 0 Å². The molecule has 1 saturated heterocycles. The normalized spacial score (nSPS) is 22.8. The largest absolute Gasteiger partial charge is 0.307 e. The van der Waals surface area contributed by atoms with Crippen LogP contribution in [0.15, 0.2) is 36.5 Å². The number of amides is 1. The van der Waals surface area contributed by atoms with E-state index in [-0.39, 0.29) is 11.9 Å². The SMILES string of the molecule is O=C1NNCC(NCc2cccc3cccnc23)C1Cl. The van der Waals surface area contributed by atoms with Crippen LogP contribution in [0.1, 0.15) is 5.56 Å². The first-order valence-electron chi connectivity index (χ1n) is 6.48. The number of fused-ring (bicyclic) bond motifs is 1. The van der Waals surface area contributed by atoms with Crippen molar-refractivity contribution in [3.05, 3.63) is 42.1 Å². The number of carbonyl (C=O) groups is 1. The lowest BCUT2D eigenvalue weighted by Crippen LogP contribution is -2.60. The molecule has 1 aromatic heterocycles. The monoisotopic (exact) mass is 290 g/mol. The van der Waals surface area contributed by atoms with Crippen molar-refractivity contribution in [2.24, 2.45) is 0 Å². The molecule has 0 bridgehead atoms. The fourth-order valence-corrected chi connectivity index (χ4v) is 2.56. The smallest absolute Gasteiger partial charge is 0.253 e. The zero-order valence-electron chi connectivity index (χ0n) is 10.8. The molecule has 20 heavy (non-hydrogen) atoms. The predicted molar refractivity (Wildman–Crippen MR) is 78.2 cm³/mol. The van der Waals surface area contributed by atoms with Crippen LogP contribution in [0.3, 0.4) is 0 Å². The quantitative estimate of drug-likeness (QED) is 0.736. The van der Waals surface area contributed by atoms with Gasteiger partial charge in [-0.25, -0.2) is 5.43 Å². The molecule has 6 heteroatoms. The summed E-state index contributed by atoms with van der Waals surface area (Å²) in [4.78, 5) is 15.9. The van der Waals surface area contributed by atoms with Gasteiger partial charge < -0.3 is 5.32 Å². The van der Waals surface area contributed by atoms with Crippen molar-refractivity contribution >= 4 is 28.4 Å². The van der Waals surface area contributed by atoms with Gasteiger partial charge in [0.25, 0.3) is 5.91 Å². The Labute approximate surface area is 121 Å². The lowest BCUT2D eigenvalue weighted by atomic mass is 10.1. The van der Waals surface area contributed by atoms with Gasteiger partial charge in [-0.3, -0.25) is 15.2 Å². The van der Waals surface area contributed by atoms with Crippen molar-refractivity contribution in [1.29, 1.82) is 0 Å². The summed E-state index contributed by atoms with van der Waals surface area (Å²) in [5.74, 6) is -0.202. The number of halogens is 1. The van der Waals surface area contributed by atoms with E-state index in [1.807, 2.05) is 30.3 Å². The van der Waals surface area contributed by atoms with Gasteiger partial charge in [-0.05, 0) is 11.6 Å². The van der Waals surface area contributed by atoms with Crippen molar-refractivity contribution in [2.75, 3.05) is 6.54 Å². The second-order valence-electron chi connectivity index (χ2n) is 4.75. The van der Waals surface area contributed by atoms with Gasteiger partial charge in [-0.2, -0.15) is 0 Å². The molecule has 2 aromatic rings. The summed E-state index contributed by atoms with van der Waals surface area (Å²) in [5.41, 5.74) is 7.41. The highest BCUT2D eigenvalue weighted by atomic mass is 35.5. The Hall–Kier alpha value is -1.69. The second-order valence-corrected chi connectivity index (χ2v) is 5.22. The van der Waals surface area contributed by atoms with E-state index in [2.05, 4.69) is 21.2 Å². The van der Waals surface area contributed by atoms with E-state index in [0.29, 0.717) is 13.1 Å². The van der Waals surface area contributed by atoms with Gasteiger partial charge in [0, 0.05) is 30.7 Å². The van der Waals surface area contributed by atoms with E-state index >= 15 is 0 Å². The molecule has 3 rings (SSSR count). The van der Waals surface area contributed by atoms with Crippen molar-refractivity contribution in [3.8, 4) is 0 Å². The molecule has 2 atom stereocenters. The zero-order chi connectivity index (χ0) is 13.9. The minimum Gasteiger partial charge on any atom is -0.307 e. The Morgan fingerprint density at radius 1 is 1.35 bits per heavy atom. The van der Waals surface area contributed by atoms with Crippen LogP contribution in [-0.4, -0.2) is 28.9 Å². The molecule has 1 aliphatic heterocycles. The number of alkyl halides is 1. The van der Waals surface area contributed by atoms with Crippen LogP contribution in [0.25, 0.3) is 10.9 Å². The molecule has 2 heterocycles. The first-order valence-corrected chi connectivity index (χ1v) is 6.92. The molecule has 1 aromatic carbocycles. The Morgan fingerprint density at radius 2 is 2.20 bits per heavy atom. The van der Waals surface area contributed by atoms with Crippen LogP contribution in [0.5, 0.6) is 0 Å². The van der Waals surface area contributed by atoms with Crippen molar-refractivity contribution in [1.82, 2.24) is 21.2 Å². The van der Waals surface area contributed by atoms with Gasteiger partial charge in [0.1, 0.15) is 5.38 Å². The maximum Gasteiger partial charge on any atom is 0.253 e. The number of nitrogens with zero attached hydrogens (tertiary/aromatic N) is 1. The molecule has 104 valence electrons. The molecule has 1 amide bonds. The molecule has 0 spiro atoms. The number of carbonyl (C=O) groups excluding carboxylic acids is 1. The Balaban J connectivity index is 1.75. The number of nitrogens with one attached hydrogen (secondary N) is 3. The van der Waals surface area contributed by atoms with E-state index in [1.165, 1.54) is 0 Å². The Morgan fingerprint density at radius 3 is 3.10 bits per heavy atom. The molecular formula is C14H15ClN4O. The van der Waals surface area contributed by atoms with Crippen LogP contribution in [0.4, 0.5) is 0 Å². The number of hydrogen-bond donors (Lipinski definition) is 3. The van der Waals surface area contributed by atoms with Gasteiger partial charge in [0.05, 0.1) is 5.52 Å². The fraction of sp³-hybridized carbons (Fsp3) is 0.286. The zero-order valence-corrected chi connectivity index (χ0v) is 11.5. The number of rotatable bonds is 3. The van der Waals surface area contributed by atoms with Gasteiger partial charge in [-0.1, -0.05) is 24.3 Å². The Bertz CT molecular complexity index is 628. The summed E-state index contributed by atoms with van der Waals surface area (Å²) >= 11 is 6.09. The molecule has 3 N–H and O–H groups in total. The minimum atomic E-state index is -0.570. The average molecular weight is 291 g/mol. The molecule has 2 unspecified atom stereocenters. The van der Waals surface area contributed by atoms with Crippen molar-refractivity contribution in [2.45, 2.75) is 18.0 Å². The summed E-state index contributed by atoms with van der Waals surface area (Å²) in [7, 11) is 0. The number of para-hydroxylation sites is 1. The highest BCUT2D eigenvalue weighted by Crippen LogP contribution is 2.16. The van der Waals surface area contributed by atoms with Crippen LogP contribution >= 0.6 is 11.6 Å². The number of aromatic nitrogens is 1. The number of benzene rings is 1. The molecule has 5 nitrogen and oxygen atoms in total. The topological polar surface area (TPSA) is 66.1 Å². The molecule has 1 fully saturated rings. The van der Waals surface area contributed by atoms with Gasteiger partial charge in [-0.15, -0.1) is 11.6 Å². The Kier molecular flexibility index (Phi) is 3.82. The first-order chi connectivity index (χ1) is 9.75. The maximum absolute atomic E-state index is 11.5. The second kappa shape index (κ2) is 5.75. The van der Waals surface area contributed by atoms with E-state index in [4.69, 9.17) is 11.6 Å². The first kappa shape index (κ1) is 13.3. The van der Waals surface area contributed by atoms with Crippen LogP contribution in [0.2, 0.25) is 0 Å². The lowest BCUT2D eigenvalue weighted by molar-refractivity contribution is -0.123. The minimum absolute atomic E-state index is 0.107. The highest BCUT2D eigenvalue weighted by Gasteiger charge is 2.29. The van der Waals surface area contributed by atoms with Crippen LogP contribution in [0, 0.1) is 0 Å². The average Bonchev–Trinajstić information content (AvgIpc) is 2.49. The summed E-state index contributed by atoms with van der Waals surface area (Å²) in [5, 5.41) is 3.85. The lowest BCUT2D eigenvalue weighted by Gasteiger charge is -2.28. The third-order valence-electron chi connectivity index (χ3n) is 3.41. The van der Waals surface area contributed by atoms with E-state index in [0.717, 1.165) is 16.5 Å². The summed E-state index contributed by atoms with van der Waals surface area (Å²) < 4.78 is 0. The summed E-state index contributed by atoms with van der Waals surface area (Å²) in [6.07, 6.45) is 1.78. The molecule has 0 aliphatic carbocycles. The standard InChI is InChI=1S/C14H15ClN4O/c15-12-11(8-18-19-14(12)20)17-7-10-4-1-3-9-5-2-6-16-13(9)10/h1-6,11-12,17-18H,7-8H2,(H,19,20). The molecule has 0 saturated carbocycles. The van der Waals surface area contributed by atoms with E-state index in [9.17, 15) is 4.79 Å². The molecule has 1 aliphatic rings. The predicted octanol–water partition coefficient (Wildman–Crippen LogP) is 0.935. The van der Waals surface area contributed by atoms with E-state index < -0.39 is 5.38 Å².